The van der Waals surface area contributed by atoms with Gasteiger partial charge in [-0.05, 0) is 6.92 Å². The predicted molar refractivity (Wildman–Crippen MR) is 63.3 cm³/mol. The highest BCUT2D eigenvalue weighted by Crippen LogP contribution is 2.25. The van der Waals surface area contributed by atoms with E-state index >= 15 is 0 Å². The Bertz CT molecular complexity index is 287. The fourth-order valence-electron chi connectivity index (χ4n) is 2.36. The third kappa shape index (κ3) is 3.63. The molecule has 0 saturated carbocycles. The van der Waals surface area contributed by atoms with Gasteiger partial charge in [-0.15, -0.1) is 0 Å². The lowest BCUT2D eigenvalue weighted by Gasteiger charge is -2.39. The molecule has 0 aromatic rings. The predicted octanol–water partition coefficient (Wildman–Crippen LogP) is -1.63. The van der Waals surface area contributed by atoms with E-state index in [0.717, 1.165) is 0 Å². The molecule has 2 aliphatic heterocycles. The molecule has 0 aromatic heterocycles. The molecule has 2 aliphatic rings. The van der Waals surface area contributed by atoms with E-state index in [-0.39, 0.29) is 25.2 Å². The molecular weight excluding hydrogens is 256 g/mol. The van der Waals surface area contributed by atoms with Crippen LogP contribution < -0.4 is 0 Å². The molecule has 112 valence electrons. The Labute approximate surface area is 111 Å². The Hall–Kier alpha value is -0.280. The summed E-state index contributed by atoms with van der Waals surface area (Å²) in [5.41, 5.74) is 0. The first-order valence-electron chi connectivity index (χ1n) is 6.58. The third-order valence-electron chi connectivity index (χ3n) is 3.65. The van der Waals surface area contributed by atoms with Crippen molar-refractivity contribution in [2.75, 3.05) is 13.2 Å². The highest BCUT2D eigenvalue weighted by atomic mass is 16.7. The molecule has 4 N–H and O–H groups in total. The van der Waals surface area contributed by atoms with E-state index in [1.807, 2.05) is 0 Å². The molecular formula is C12H22O7. The molecule has 0 aliphatic carbocycles. The van der Waals surface area contributed by atoms with Crippen molar-refractivity contribution in [3.05, 3.63) is 0 Å². The quantitative estimate of drug-likeness (QED) is 0.491. The number of aliphatic hydroxyl groups excluding tert-OH is 4. The molecule has 2 rings (SSSR count). The molecule has 0 unspecified atom stereocenters. The van der Waals surface area contributed by atoms with Crippen LogP contribution in [0, 0.1) is 0 Å². The minimum absolute atomic E-state index is 0.125. The number of rotatable bonds is 3. The molecule has 0 bridgehead atoms. The fraction of sp³-hybridized carbons (Fsp3) is 1.00. The molecule has 7 heteroatoms. The summed E-state index contributed by atoms with van der Waals surface area (Å²) in [5.74, 6) is 0. The average molecular weight is 278 g/mol. The standard InChI is InChI=1S/C12H22O7/c1-6-8(14)2-7(5-17-6)18-11-3-9(15)12(16)10(4-13)19-11/h6-16H,2-5H2,1H3/t6-,7-,8+,9+,10+,11+,12+/m0/s1. The summed E-state index contributed by atoms with van der Waals surface area (Å²) in [6.45, 7) is 1.75. The Morgan fingerprint density at radius 3 is 2.53 bits per heavy atom. The number of hydrogen-bond acceptors (Lipinski definition) is 7. The first-order chi connectivity index (χ1) is 9.01. The van der Waals surface area contributed by atoms with Gasteiger partial charge in [0.1, 0.15) is 12.2 Å². The van der Waals surface area contributed by atoms with E-state index < -0.39 is 30.7 Å². The highest BCUT2D eigenvalue weighted by Gasteiger charge is 2.38. The van der Waals surface area contributed by atoms with E-state index in [1.165, 1.54) is 0 Å². The van der Waals surface area contributed by atoms with E-state index in [4.69, 9.17) is 19.3 Å². The van der Waals surface area contributed by atoms with E-state index in [1.54, 1.807) is 6.92 Å². The molecule has 2 saturated heterocycles. The van der Waals surface area contributed by atoms with Gasteiger partial charge in [-0.25, -0.2) is 0 Å². The zero-order chi connectivity index (χ0) is 14.0. The Kier molecular flexibility index (Phi) is 5.13. The molecule has 2 heterocycles. The van der Waals surface area contributed by atoms with Gasteiger partial charge in [-0.1, -0.05) is 0 Å². The highest BCUT2D eigenvalue weighted by molar-refractivity contribution is 4.83. The maximum absolute atomic E-state index is 9.69. The molecule has 19 heavy (non-hydrogen) atoms. The smallest absolute Gasteiger partial charge is 0.161 e. The van der Waals surface area contributed by atoms with Crippen molar-refractivity contribution in [2.45, 2.75) is 62.7 Å². The second kappa shape index (κ2) is 6.45. The second-order valence-corrected chi connectivity index (χ2v) is 5.18. The normalized spacial score (nSPS) is 48.2. The first-order valence-corrected chi connectivity index (χ1v) is 6.58. The van der Waals surface area contributed by atoms with E-state index in [0.29, 0.717) is 13.0 Å². The van der Waals surface area contributed by atoms with Crippen molar-refractivity contribution in [2.24, 2.45) is 0 Å². The van der Waals surface area contributed by atoms with Crippen molar-refractivity contribution < 1.29 is 34.6 Å². The lowest BCUT2D eigenvalue weighted by atomic mass is 10.0. The van der Waals surface area contributed by atoms with Crippen LogP contribution in [0.2, 0.25) is 0 Å². The van der Waals surface area contributed by atoms with Crippen molar-refractivity contribution in [1.82, 2.24) is 0 Å². The van der Waals surface area contributed by atoms with Gasteiger partial charge in [0.2, 0.25) is 0 Å². The summed E-state index contributed by atoms with van der Waals surface area (Å²) >= 11 is 0. The van der Waals surface area contributed by atoms with Gasteiger partial charge >= 0.3 is 0 Å². The van der Waals surface area contributed by atoms with Crippen molar-refractivity contribution in [3.8, 4) is 0 Å². The van der Waals surface area contributed by atoms with E-state index in [2.05, 4.69) is 0 Å². The Balaban J connectivity index is 1.85. The molecule has 0 radical (unpaired) electrons. The van der Waals surface area contributed by atoms with Gasteiger partial charge in [-0.2, -0.15) is 0 Å². The van der Waals surface area contributed by atoms with Crippen molar-refractivity contribution >= 4 is 0 Å². The van der Waals surface area contributed by atoms with E-state index in [9.17, 15) is 15.3 Å². The van der Waals surface area contributed by atoms with Gasteiger partial charge in [0.15, 0.2) is 6.29 Å². The Morgan fingerprint density at radius 2 is 1.89 bits per heavy atom. The maximum atomic E-state index is 9.69. The van der Waals surface area contributed by atoms with Crippen LogP contribution in [0.15, 0.2) is 0 Å². The molecule has 7 nitrogen and oxygen atoms in total. The van der Waals surface area contributed by atoms with Gasteiger partial charge in [-0.3, -0.25) is 0 Å². The number of hydrogen-bond donors (Lipinski definition) is 4. The second-order valence-electron chi connectivity index (χ2n) is 5.18. The lowest BCUT2D eigenvalue weighted by Crippen LogP contribution is -2.52. The average Bonchev–Trinajstić information content (AvgIpc) is 2.38. The van der Waals surface area contributed by atoms with Crippen LogP contribution in [0.1, 0.15) is 19.8 Å². The van der Waals surface area contributed by atoms with Crippen LogP contribution in [0.5, 0.6) is 0 Å². The van der Waals surface area contributed by atoms with Crippen LogP contribution >= 0.6 is 0 Å². The van der Waals surface area contributed by atoms with Crippen LogP contribution in [-0.2, 0) is 14.2 Å². The largest absolute Gasteiger partial charge is 0.394 e. The zero-order valence-corrected chi connectivity index (χ0v) is 10.9. The van der Waals surface area contributed by atoms with Crippen molar-refractivity contribution in [3.63, 3.8) is 0 Å². The summed E-state index contributed by atoms with van der Waals surface area (Å²) in [6.07, 6.45) is -4.26. The summed E-state index contributed by atoms with van der Waals surface area (Å²) in [4.78, 5) is 0. The molecule has 0 spiro atoms. The zero-order valence-electron chi connectivity index (χ0n) is 10.9. The van der Waals surface area contributed by atoms with Gasteiger partial charge in [0.05, 0.1) is 37.6 Å². The van der Waals surface area contributed by atoms with Gasteiger partial charge < -0.3 is 34.6 Å². The minimum Gasteiger partial charge on any atom is -0.394 e. The molecule has 7 atom stereocenters. The summed E-state index contributed by atoms with van der Waals surface area (Å²) in [7, 11) is 0. The van der Waals surface area contributed by atoms with Crippen LogP contribution in [-0.4, -0.2) is 76.6 Å². The third-order valence-corrected chi connectivity index (χ3v) is 3.65. The van der Waals surface area contributed by atoms with Gasteiger partial charge in [0, 0.05) is 12.8 Å². The number of ether oxygens (including phenoxy) is 3. The molecule has 0 amide bonds. The van der Waals surface area contributed by atoms with Crippen LogP contribution in [0.4, 0.5) is 0 Å². The summed E-state index contributed by atoms with van der Waals surface area (Å²) < 4.78 is 16.3. The number of aliphatic hydroxyl groups is 4. The molecule has 2 fully saturated rings. The summed E-state index contributed by atoms with van der Waals surface area (Å²) in [6, 6.07) is 0. The first kappa shape index (κ1) is 15.1. The summed E-state index contributed by atoms with van der Waals surface area (Å²) in [5, 5.41) is 38.0. The molecule has 0 aromatic carbocycles. The topological polar surface area (TPSA) is 109 Å². The van der Waals surface area contributed by atoms with Crippen LogP contribution in [0.25, 0.3) is 0 Å². The maximum Gasteiger partial charge on any atom is 0.161 e. The van der Waals surface area contributed by atoms with Crippen molar-refractivity contribution in [1.29, 1.82) is 0 Å². The SMILES string of the molecule is C[C@@H]1OC[C@@H](O[C@H]2C[C@@H](O)[C@@H](O)[C@@H](CO)O2)C[C@H]1O. The van der Waals surface area contributed by atoms with Gasteiger partial charge in [0.25, 0.3) is 0 Å². The Morgan fingerprint density at radius 1 is 1.16 bits per heavy atom. The van der Waals surface area contributed by atoms with Crippen LogP contribution in [0.3, 0.4) is 0 Å². The fourth-order valence-corrected chi connectivity index (χ4v) is 2.36. The lowest BCUT2D eigenvalue weighted by molar-refractivity contribution is -0.282. The monoisotopic (exact) mass is 278 g/mol. The minimum atomic E-state index is -1.11.